The SMILES string of the molecule is COc1cc([C@H]2c3[nH]c4ccccc4c3C[C@@H]3C(=O)N(C4CCCC4)CC(=O)N23)cc(OC)c1OC. The maximum absolute atomic E-state index is 13.9. The Morgan fingerprint density at radius 2 is 1.64 bits per heavy atom. The Morgan fingerprint density at radius 1 is 0.944 bits per heavy atom. The summed E-state index contributed by atoms with van der Waals surface area (Å²) in [6.45, 7) is 0.122. The molecule has 1 aliphatic carbocycles. The number of carbonyl (C=O) groups excluding carboxylic acids is 2. The molecule has 2 aliphatic heterocycles. The van der Waals surface area contributed by atoms with E-state index in [4.69, 9.17) is 14.2 Å². The van der Waals surface area contributed by atoms with Crippen LogP contribution in [0.3, 0.4) is 0 Å². The summed E-state index contributed by atoms with van der Waals surface area (Å²) in [5, 5.41) is 1.09. The molecule has 3 aromatic rings. The minimum atomic E-state index is -0.553. The Hall–Kier alpha value is -3.68. The van der Waals surface area contributed by atoms with E-state index in [2.05, 4.69) is 11.1 Å². The second-order valence-corrected chi connectivity index (χ2v) is 9.85. The van der Waals surface area contributed by atoms with E-state index in [1.54, 1.807) is 26.2 Å². The Morgan fingerprint density at radius 3 is 2.31 bits per heavy atom. The first-order valence-corrected chi connectivity index (χ1v) is 12.6. The average molecular weight is 490 g/mol. The van der Waals surface area contributed by atoms with Gasteiger partial charge in [0.15, 0.2) is 11.5 Å². The Labute approximate surface area is 210 Å². The molecule has 8 heteroatoms. The van der Waals surface area contributed by atoms with E-state index in [9.17, 15) is 9.59 Å². The monoisotopic (exact) mass is 489 g/mol. The van der Waals surface area contributed by atoms with E-state index >= 15 is 0 Å². The molecule has 2 aromatic carbocycles. The summed E-state index contributed by atoms with van der Waals surface area (Å²) in [4.78, 5) is 35.0. The molecule has 8 nitrogen and oxygen atoms in total. The van der Waals surface area contributed by atoms with Gasteiger partial charge < -0.3 is 29.0 Å². The number of nitrogens with zero attached hydrogens (tertiary/aromatic N) is 2. The van der Waals surface area contributed by atoms with Gasteiger partial charge in [0.05, 0.1) is 27.4 Å². The predicted octanol–water partition coefficient (Wildman–Crippen LogP) is 3.82. The third-order valence-corrected chi connectivity index (χ3v) is 8.06. The highest BCUT2D eigenvalue weighted by Gasteiger charge is 2.50. The van der Waals surface area contributed by atoms with E-state index in [1.807, 2.05) is 35.2 Å². The molecule has 1 aromatic heterocycles. The fourth-order valence-corrected chi connectivity index (χ4v) is 6.42. The van der Waals surface area contributed by atoms with Crippen molar-refractivity contribution in [3.05, 3.63) is 53.2 Å². The van der Waals surface area contributed by atoms with E-state index in [0.29, 0.717) is 23.7 Å². The third-order valence-electron chi connectivity index (χ3n) is 8.06. The molecule has 1 saturated heterocycles. The van der Waals surface area contributed by atoms with Crippen molar-refractivity contribution in [1.29, 1.82) is 0 Å². The van der Waals surface area contributed by atoms with Crippen molar-refractivity contribution >= 4 is 22.7 Å². The quantitative estimate of drug-likeness (QED) is 0.589. The molecule has 2 fully saturated rings. The van der Waals surface area contributed by atoms with Crippen LogP contribution in [0.1, 0.15) is 48.5 Å². The summed E-state index contributed by atoms with van der Waals surface area (Å²) in [6.07, 6.45) is 4.66. The zero-order chi connectivity index (χ0) is 25.0. The van der Waals surface area contributed by atoms with Crippen LogP contribution in [0.15, 0.2) is 36.4 Å². The van der Waals surface area contributed by atoms with Crippen molar-refractivity contribution in [2.45, 2.75) is 50.2 Å². The summed E-state index contributed by atoms with van der Waals surface area (Å²) in [7, 11) is 4.72. The number of fused-ring (bicyclic) bond motifs is 4. The molecular formula is C28H31N3O5. The number of piperazine rings is 1. The van der Waals surface area contributed by atoms with Crippen LogP contribution in [0.5, 0.6) is 17.2 Å². The predicted molar refractivity (Wildman–Crippen MR) is 135 cm³/mol. The van der Waals surface area contributed by atoms with Crippen LogP contribution in [-0.2, 0) is 16.0 Å². The second-order valence-electron chi connectivity index (χ2n) is 9.85. The number of hydrogen-bond acceptors (Lipinski definition) is 5. The number of amides is 2. The van der Waals surface area contributed by atoms with Gasteiger partial charge in [-0.25, -0.2) is 0 Å². The number of aromatic nitrogens is 1. The van der Waals surface area contributed by atoms with Crippen LogP contribution in [0, 0.1) is 0 Å². The first-order valence-electron chi connectivity index (χ1n) is 12.6. The molecule has 0 bridgehead atoms. The summed E-state index contributed by atoms with van der Waals surface area (Å²) >= 11 is 0. The number of methoxy groups -OCH3 is 3. The molecule has 2 amide bonds. The zero-order valence-electron chi connectivity index (χ0n) is 20.9. The molecule has 36 heavy (non-hydrogen) atoms. The van der Waals surface area contributed by atoms with Crippen molar-refractivity contribution in [2.75, 3.05) is 27.9 Å². The number of hydrogen-bond donors (Lipinski definition) is 1. The molecular weight excluding hydrogens is 458 g/mol. The smallest absolute Gasteiger partial charge is 0.246 e. The number of aromatic amines is 1. The van der Waals surface area contributed by atoms with Gasteiger partial charge in [-0.2, -0.15) is 0 Å². The molecule has 0 spiro atoms. The second kappa shape index (κ2) is 8.76. The number of nitrogens with one attached hydrogen (secondary N) is 1. The van der Waals surface area contributed by atoms with Gasteiger partial charge in [-0.1, -0.05) is 31.0 Å². The van der Waals surface area contributed by atoms with Crippen molar-refractivity contribution < 1.29 is 23.8 Å². The fourth-order valence-electron chi connectivity index (χ4n) is 6.42. The number of ether oxygens (including phenoxy) is 3. The molecule has 1 saturated carbocycles. The number of para-hydroxylation sites is 1. The molecule has 0 radical (unpaired) electrons. The minimum Gasteiger partial charge on any atom is -0.493 e. The first-order chi connectivity index (χ1) is 17.5. The van der Waals surface area contributed by atoms with Gasteiger partial charge in [0, 0.05) is 29.1 Å². The van der Waals surface area contributed by atoms with Crippen molar-refractivity contribution in [3.8, 4) is 17.2 Å². The normalized spacial score (nSPS) is 22.1. The van der Waals surface area contributed by atoms with Crippen molar-refractivity contribution in [1.82, 2.24) is 14.8 Å². The zero-order valence-corrected chi connectivity index (χ0v) is 20.9. The van der Waals surface area contributed by atoms with Crippen molar-refractivity contribution in [2.24, 2.45) is 0 Å². The molecule has 1 N–H and O–H groups in total. The lowest BCUT2D eigenvalue weighted by atomic mass is 9.85. The van der Waals surface area contributed by atoms with Crippen LogP contribution < -0.4 is 14.2 Å². The maximum Gasteiger partial charge on any atom is 0.246 e. The number of H-pyrrole nitrogens is 1. The van der Waals surface area contributed by atoms with E-state index in [-0.39, 0.29) is 24.4 Å². The number of benzene rings is 2. The van der Waals surface area contributed by atoms with Gasteiger partial charge in [-0.3, -0.25) is 9.59 Å². The Kier molecular flexibility index (Phi) is 5.54. The topological polar surface area (TPSA) is 84.1 Å². The lowest BCUT2D eigenvalue weighted by Crippen LogP contribution is -2.64. The summed E-state index contributed by atoms with van der Waals surface area (Å²) in [5.41, 5.74) is 3.81. The molecule has 188 valence electrons. The summed E-state index contributed by atoms with van der Waals surface area (Å²) in [5.74, 6) is 1.52. The summed E-state index contributed by atoms with van der Waals surface area (Å²) in [6, 6.07) is 11.0. The molecule has 6 rings (SSSR count). The highest BCUT2D eigenvalue weighted by Crippen LogP contribution is 2.47. The van der Waals surface area contributed by atoms with Gasteiger partial charge in [-0.15, -0.1) is 0 Å². The lowest BCUT2D eigenvalue weighted by molar-refractivity contribution is -0.160. The van der Waals surface area contributed by atoms with Crippen LogP contribution in [0.2, 0.25) is 0 Å². The minimum absolute atomic E-state index is 0.0328. The Bertz CT molecular complexity index is 1320. The van der Waals surface area contributed by atoms with Gasteiger partial charge in [0.25, 0.3) is 0 Å². The Balaban J connectivity index is 1.54. The van der Waals surface area contributed by atoms with E-state index in [1.165, 1.54) is 0 Å². The van der Waals surface area contributed by atoms with Crippen LogP contribution in [-0.4, -0.2) is 66.6 Å². The van der Waals surface area contributed by atoms with Crippen LogP contribution >= 0.6 is 0 Å². The average Bonchev–Trinajstić information content (AvgIpc) is 3.57. The highest BCUT2D eigenvalue weighted by atomic mass is 16.5. The first kappa shape index (κ1) is 22.8. The number of rotatable bonds is 5. The van der Waals surface area contributed by atoms with Gasteiger partial charge in [0.1, 0.15) is 12.6 Å². The van der Waals surface area contributed by atoms with Gasteiger partial charge >= 0.3 is 0 Å². The van der Waals surface area contributed by atoms with Gasteiger partial charge in [-0.05, 0) is 42.2 Å². The van der Waals surface area contributed by atoms with Crippen LogP contribution in [0.4, 0.5) is 0 Å². The molecule has 2 atom stereocenters. The lowest BCUT2D eigenvalue weighted by Gasteiger charge is -2.48. The van der Waals surface area contributed by atoms with E-state index < -0.39 is 12.1 Å². The molecule has 0 unspecified atom stereocenters. The standard InChI is InChI=1S/C28H31N3O5/c1-34-22-12-16(13-23(35-2)27(22)36-3)26-25-19(18-10-6-7-11-20(18)29-25)14-21-28(33)30(15-24(32)31(21)26)17-8-4-5-9-17/h6-7,10-13,17,21,26,29H,4-5,8-9,14-15H2,1-3H3/t21-,26+/m1/s1. The van der Waals surface area contributed by atoms with E-state index in [0.717, 1.165) is 53.4 Å². The van der Waals surface area contributed by atoms with Crippen LogP contribution in [0.25, 0.3) is 10.9 Å². The largest absolute Gasteiger partial charge is 0.493 e. The highest BCUT2D eigenvalue weighted by molar-refractivity contribution is 5.98. The maximum atomic E-state index is 13.9. The summed E-state index contributed by atoms with van der Waals surface area (Å²) < 4.78 is 16.8. The fraction of sp³-hybridized carbons (Fsp3) is 0.429. The molecule has 3 heterocycles. The van der Waals surface area contributed by atoms with Gasteiger partial charge in [0.2, 0.25) is 17.6 Å². The number of carbonyl (C=O) groups is 2. The third kappa shape index (κ3) is 3.34. The molecule has 3 aliphatic rings. The van der Waals surface area contributed by atoms with Crippen molar-refractivity contribution in [3.63, 3.8) is 0 Å².